The van der Waals surface area contributed by atoms with Crippen molar-refractivity contribution in [1.82, 2.24) is 0 Å². The van der Waals surface area contributed by atoms with Gasteiger partial charge in [0.15, 0.2) is 0 Å². The van der Waals surface area contributed by atoms with Crippen LogP contribution in [0.1, 0.15) is 16.1 Å². The molecule has 0 saturated carbocycles. The fraction of sp³-hybridized carbons (Fsp3) is 0.105. The van der Waals surface area contributed by atoms with Crippen LogP contribution >= 0.6 is 11.6 Å². The number of nitro benzene ring substituents is 1. The van der Waals surface area contributed by atoms with Gasteiger partial charge >= 0.3 is 0 Å². The Balaban J connectivity index is 1.84. The molecule has 0 radical (unpaired) electrons. The molecule has 0 aliphatic rings. The van der Waals surface area contributed by atoms with Crippen LogP contribution in [0.4, 0.5) is 11.4 Å². The number of aliphatic hydroxyl groups excluding tert-OH is 1. The maximum Gasteiger partial charge on any atom is 0.270 e. The van der Waals surface area contributed by atoms with Crippen LogP contribution in [0.5, 0.6) is 5.75 Å². The molecule has 0 fully saturated rings. The third kappa shape index (κ3) is 3.98. The van der Waals surface area contributed by atoms with Crippen LogP contribution in [0.15, 0.2) is 52.9 Å². The molecular weight excluding hydrogens is 388 g/mol. The third-order valence-electron chi connectivity index (χ3n) is 3.95. The highest BCUT2D eigenvalue weighted by atomic mass is 35.5. The van der Waals surface area contributed by atoms with Gasteiger partial charge in [-0.3, -0.25) is 14.9 Å². The molecule has 0 atom stereocenters. The van der Waals surface area contributed by atoms with Crippen LogP contribution in [-0.2, 0) is 6.61 Å². The number of carbonyl (C=O) groups is 1. The summed E-state index contributed by atoms with van der Waals surface area (Å²) in [5.41, 5.74) is 0.990. The van der Waals surface area contributed by atoms with Crippen LogP contribution in [0.2, 0.25) is 5.02 Å². The standard InChI is InChI=1S/C19H15ClN2O6/c1-27-18-8-11(2-5-15(18)17-7-4-13(10-23)28-17)21-19(24)14-6-3-12(22(25)26)9-16(14)20/h2-9,23H,10H2,1H3,(H,21,24). The van der Waals surface area contributed by atoms with E-state index in [9.17, 15) is 14.9 Å². The lowest BCUT2D eigenvalue weighted by Gasteiger charge is -2.11. The molecule has 3 rings (SSSR count). The molecule has 2 N–H and O–H groups in total. The fourth-order valence-electron chi connectivity index (χ4n) is 2.58. The number of nitrogens with one attached hydrogen (secondary N) is 1. The van der Waals surface area contributed by atoms with Gasteiger partial charge in [-0.1, -0.05) is 11.6 Å². The van der Waals surface area contributed by atoms with E-state index >= 15 is 0 Å². The van der Waals surface area contributed by atoms with E-state index in [1.807, 2.05) is 0 Å². The second-order valence-electron chi connectivity index (χ2n) is 5.71. The first-order valence-electron chi connectivity index (χ1n) is 8.06. The number of rotatable bonds is 6. The quantitative estimate of drug-likeness (QED) is 0.470. The van der Waals surface area contributed by atoms with Crippen LogP contribution in [0, 0.1) is 10.1 Å². The summed E-state index contributed by atoms with van der Waals surface area (Å²) in [5.74, 6) is 0.862. The van der Waals surface area contributed by atoms with Gasteiger partial charge < -0.3 is 19.6 Å². The molecule has 1 heterocycles. The van der Waals surface area contributed by atoms with Crippen molar-refractivity contribution in [1.29, 1.82) is 0 Å². The number of methoxy groups -OCH3 is 1. The van der Waals surface area contributed by atoms with Gasteiger partial charge in [0.05, 0.1) is 28.2 Å². The van der Waals surface area contributed by atoms with Crippen LogP contribution in [-0.4, -0.2) is 23.0 Å². The SMILES string of the molecule is COc1cc(NC(=O)c2ccc([N+](=O)[O-])cc2Cl)ccc1-c1ccc(CO)o1. The molecule has 0 saturated heterocycles. The molecule has 0 unspecified atom stereocenters. The molecule has 0 aliphatic carbocycles. The van der Waals surface area contributed by atoms with Gasteiger partial charge in [-0.25, -0.2) is 0 Å². The average molecular weight is 403 g/mol. The van der Waals surface area contributed by atoms with Crippen molar-refractivity contribution in [2.45, 2.75) is 6.61 Å². The van der Waals surface area contributed by atoms with Gasteiger partial charge in [0.25, 0.3) is 11.6 Å². The highest BCUT2D eigenvalue weighted by Gasteiger charge is 2.17. The number of hydrogen-bond acceptors (Lipinski definition) is 6. The van der Waals surface area contributed by atoms with Crippen molar-refractivity contribution in [2.24, 2.45) is 0 Å². The summed E-state index contributed by atoms with van der Waals surface area (Å²) >= 11 is 5.99. The Morgan fingerprint density at radius 2 is 2.04 bits per heavy atom. The number of carbonyl (C=O) groups excluding carboxylic acids is 1. The Hall–Kier alpha value is -3.36. The van der Waals surface area contributed by atoms with Gasteiger partial charge in [0.1, 0.15) is 23.9 Å². The minimum atomic E-state index is -0.589. The number of anilines is 1. The molecule has 2 aromatic carbocycles. The molecular formula is C19H15ClN2O6. The van der Waals surface area contributed by atoms with Gasteiger partial charge in [0.2, 0.25) is 0 Å². The first kappa shape index (κ1) is 19.4. The normalized spacial score (nSPS) is 10.5. The number of furan rings is 1. The maximum absolute atomic E-state index is 12.5. The maximum atomic E-state index is 12.5. The van der Waals surface area contributed by atoms with Gasteiger partial charge in [-0.2, -0.15) is 0 Å². The zero-order chi connectivity index (χ0) is 20.3. The molecule has 1 aromatic heterocycles. The summed E-state index contributed by atoms with van der Waals surface area (Å²) in [4.78, 5) is 22.6. The van der Waals surface area contributed by atoms with Crippen LogP contribution < -0.4 is 10.1 Å². The highest BCUT2D eigenvalue weighted by Crippen LogP contribution is 2.34. The molecule has 0 spiro atoms. The number of aliphatic hydroxyl groups is 1. The summed E-state index contributed by atoms with van der Waals surface area (Å²) < 4.78 is 10.9. The number of non-ortho nitro benzene ring substituents is 1. The molecule has 144 valence electrons. The van der Waals surface area contributed by atoms with Crippen molar-refractivity contribution in [3.63, 3.8) is 0 Å². The number of ether oxygens (including phenoxy) is 1. The van der Waals surface area contributed by atoms with E-state index in [-0.39, 0.29) is 22.9 Å². The average Bonchev–Trinajstić information content (AvgIpc) is 3.16. The van der Waals surface area contributed by atoms with Gasteiger partial charge in [-0.15, -0.1) is 0 Å². The largest absolute Gasteiger partial charge is 0.496 e. The summed E-state index contributed by atoms with van der Waals surface area (Å²) in [6.07, 6.45) is 0. The summed E-state index contributed by atoms with van der Waals surface area (Å²) in [5, 5.41) is 22.5. The molecule has 0 aliphatic heterocycles. The van der Waals surface area contributed by atoms with Crippen molar-refractivity contribution in [2.75, 3.05) is 12.4 Å². The first-order chi connectivity index (χ1) is 13.4. The third-order valence-corrected chi connectivity index (χ3v) is 4.26. The Morgan fingerprint density at radius 3 is 2.64 bits per heavy atom. The zero-order valence-electron chi connectivity index (χ0n) is 14.6. The Morgan fingerprint density at radius 1 is 1.25 bits per heavy atom. The molecule has 3 aromatic rings. The van der Waals surface area contributed by atoms with Gasteiger partial charge in [-0.05, 0) is 30.3 Å². The lowest BCUT2D eigenvalue weighted by Crippen LogP contribution is -2.12. The van der Waals surface area contributed by atoms with E-state index in [0.717, 1.165) is 6.07 Å². The lowest BCUT2D eigenvalue weighted by molar-refractivity contribution is -0.384. The predicted molar refractivity (Wildman–Crippen MR) is 103 cm³/mol. The van der Waals surface area contributed by atoms with Crippen LogP contribution in [0.3, 0.4) is 0 Å². The van der Waals surface area contributed by atoms with Crippen molar-refractivity contribution < 1.29 is 24.0 Å². The molecule has 0 bridgehead atoms. The second-order valence-corrected chi connectivity index (χ2v) is 6.12. The van der Waals surface area contributed by atoms with Crippen molar-refractivity contribution >= 4 is 28.9 Å². The van der Waals surface area contributed by atoms with E-state index in [1.54, 1.807) is 30.3 Å². The molecule has 1 amide bonds. The van der Waals surface area contributed by atoms with E-state index < -0.39 is 10.8 Å². The van der Waals surface area contributed by atoms with E-state index in [2.05, 4.69) is 5.32 Å². The number of nitrogens with zero attached hydrogens (tertiary/aromatic N) is 1. The molecule has 8 nitrogen and oxygen atoms in total. The number of nitro groups is 1. The smallest absolute Gasteiger partial charge is 0.270 e. The van der Waals surface area contributed by atoms with Crippen LogP contribution in [0.25, 0.3) is 11.3 Å². The van der Waals surface area contributed by atoms with E-state index in [0.29, 0.717) is 28.5 Å². The second kappa shape index (κ2) is 8.12. The zero-order valence-corrected chi connectivity index (χ0v) is 15.4. The molecule has 9 heteroatoms. The lowest BCUT2D eigenvalue weighted by atomic mass is 10.1. The Labute approximate surface area is 164 Å². The highest BCUT2D eigenvalue weighted by molar-refractivity contribution is 6.34. The van der Waals surface area contributed by atoms with Crippen molar-refractivity contribution in [3.05, 3.63) is 75.0 Å². The topological polar surface area (TPSA) is 115 Å². The number of amides is 1. The monoisotopic (exact) mass is 402 g/mol. The van der Waals surface area contributed by atoms with E-state index in [1.165, 1.54) is 19.2 Å². The summed E-state index contributed by atoms with van der Waals surface area (Å²) in [6.45, 7) is -0.216. The first-order valence-corrected chi connectivity index (χ1v) is 8.44. The number of benzene rings is 2. The fourth-order valence-corrected chi connectivity index (χ4v) is 2.84. The Kier molecular flexibility index (Phi) is 5.62. The van der Waals surface area contributed by atoms with E-state index in [4.69, 9.17) is 25.9 Å². The number of hydrogen-bond donors (Lipinski definition) is 2. The number of halogens is 1. The summed E-state index contributed by atoms with van der Waals surface area (Å²) in [6, 6.07) is 11.9. The van der Waals surface area contributed by atoms with Crippen molar-refractivity contribution in [3.8, 4) is 17.1 Å². The van der Waals surface area contributed by atoms with Gasteiger partial charge in [0, 0.05) is 23.9 Å². The summed E-state index contributed by atoms with van der Waals surface area (Å²) in [7, 11) is 1.48. The minimum Gasteiger partial charge on any atom is -0.496 e. The predicted octanol–water partition coefficient (Wildman–Crippen LogP) is 4.26. The minimum absolute atomic E-state index is 0.0256. The molecule has 28 heavy (non-hydrogen) atoms. The Bertz CT molecular complexity index is 1050.